The summed E-state index contributed by atoms with van der Waals surface area (Å²) in [4.78, 5) is 7.45. The fourth-order valence-electron chi connectivity index (χ4n) is 2.97. The average molecular weight is 352 g/mol. The monoisotopic (exact) mass is 352 g/mol. The van der Waals surface area contributed by atoms with E-state index in [2.05, 4.69) is 27.1 Å². The Morgan fingerprint density at radius 3 is 2.40 bits per heavy atom. The number of halogens is 1. The zero-order valence-corrected chi connectivity index (χ0v) is 14.7. The van der Waals surface area contributed by atoms with Crippen molar-refractivity contribution in [3.05, 3.63) is 83.4 Å². The molecule has 2 aromatic heterocycles. The summed E-state index contributed by atoms with van der Waals surface area (Å²) >= 11 is 1.54. The minimum absolute atomic E-state index is 0.0567. The molecule has 1 unspecified atom stereocenters. The molecular formula is C19H17FN4S. The molecule has 1 atom stereocenters. The molecule has 0 saturated heterocycles. The lowest BCUT2D eigenvalue weighted by atomic mass is 9.98. The van der Waals surface area contributed by atoms with Crippen LogP contribution >= 0.6 is 11.3 Å². The molecule has 126 valence electrons. The van der Waals surface area contributed by atoms with E-state index < -0.39 is 0 Å². The van der Waals surface area contributed by atoms with Crippen LogP contribution in [0.4, 0.5) is 9.52 Å². The SMILES string of the molecule is Cc1cn2nc(N(C)C(c3ccccc3)c3ccc(F)cc3)sc2n1. The zero-order valence-electron chi connectivity index (χ0n) is 13.9. The first-order chi connectivity index (χ1) is 12.1. The molecule has 6 heteroatoms. The van der Waals surface area contributed by atoms with Crippen molar-refractivity contribution in [3.63, 3.8) is 0 Å². The van der Waals surface area contributed by atoms with Gasteiger partial charge in [0.1, 0.15) is 5.82 Å². The maximum Gasteiger partial charge on any atom is 0.214 e. The van der Waals surface area contributed by atoms with Gasteiger partial charge in [-0.2, -0.15) is 0 Å². The van der Waals surface area contributed by atoms with Gasteiger partial charge >= 0.3 is 0 Å². The van der Waals surface area contributed by atoms with Crippen LogP contribution in [0.2, 0.25) is 0 Å². The third kappa shape index (κ3) is 3.00. The van der Waals surface area contributed by atoms with E-state index in [0.29, 0.717) is 0 Å². The number of fused-ring (bicyclic) bond motifs is 1. The summed E-state index contributed by atoms with van der Waals surface area (Å²) < 4.78 is 15.2. The quantitative estimate of drug-likeness (QED) is 0.543. The lowest BCUT2D eigenvalue weighted by Crippen LogP contribution is -2.25. The Morgan fingerprint density at radius 1 is 1.04 bits per heavy atom. The highest BCUT2D eigenvalue weighted by Gasteiger charge is 2.23. The lowest BCUT2D eigenvalue weighted by molar-refractivity contribution is 0.625. The largest absolute Gasteiger partial charge is 0.339 e. The van der Waals surface area contributed by atoms with Crippen LogP contribution in [-0.2, 0) is 0 Å². The van der Waals surface area contributed by atoms with Gasteiger partial charge in [0.25, 0.3) is 0 Å². The molecule has 0 N–H and O–H groups in total. The molecule has 0 aliphatic carbocycles. The lowest BCUT2D eigenvalue weighted by Gasteiger charge is -2.28. The molecule has 0 spiro atoms. The van der Waals surface area contributed by atoms with E-state index in [1.54, 1.807) is 4.52 Å². The first-order valence-corrected chi connectivity index (χ1v) is 8.79. The van der Waals surface area contributed by atoms with Crippen molar-refractivity contribution in [2.75, 3.05) is 11.9 Å². The van der Waals surface area contributed by atoms with Gasteiger partial charge in [-0.1, -0.05) is 53.8 Å². The Balaban J connectivity index is 1.78. The van der Waals surface area contributed by atoms with Gasteiger partial charge in [0.15, 0.2) is 0 Å². The van der Waals surface area contributed by atoms with Gasteiger partial charge in [-0.25, -0.2) is 13.9 Å². The first-order valence-electron chi connectivity index (χ1n) is 7.98. The average Bonchev–Trinajstić information content (AvgIpc) is 3.15. The minimum atomic E-state index is -0.235. The van der Waals surface area contributed by atoms with Crippen molar-refractivity contribution < 1.29 is 4.39 Å². The standard InChI is InChI=1S/C19H17FN4S/c1-13-12-24-18(21-13)25-19(22-24)23(2)17(14-6-4-3-5-7-14)15-8-10-16(20)11-9-15/h3-12,17H,1-2H3. The summed E-state index contributed by atoms with van der Waals surface area (Å²) in [5, 5.41) is 5.51. The number of imidazole rings is 1. The van der Waals surface area contributed by atoms with Crippen molar-refractivity contribution in [1.82, 2.24) is 14.6 Å². The number of aryl methyl sites for hydroxylation is 1. The molecule has 0 bridgehead atoms. The van der Waals surface area contributed by atoms with E-state index in [1.807, 2.05) is 50.5 Å². The first kappa shape index (κ1) is 15.8. The highest BCUT2D eigenvalue weighted by atomic mass is 32.1. The smallest absolute Gasteiger partial charge is 0.214 e. The fourth-order valence-corrected chi connectivity index (χ4v) is 3.89. The van der Waals surface area contributed by atoms with Gasteiger partial charge in [0.2, 0.25) is 10.1 Å². The molecule has 0 aliphatic heterocycles. The molecule has 2 heterocycles. The van der Waals surface area contributed by atoms with Crippen LogP contribution < -0.4 is 4.90 Å². The fraction of sp³-hybridized carbons (Fsp3) is 0.158. The Labute approximate surface area is 149 Å². The van der Waals surface area contributed by atoms with Crippen LogP contribution in [0.1, 0.15) is 22.9 Å². The van der Waals surface area contributed by atoms with Crippen molar-refractivity contribution in [1.29, 1.82) is 0 Å². The predicted octanol–water partition coefficient (Wildman–Crippen LogP) is 4.46. The van der Waals surface area contributed by atoms with E-state index in [9.17, 15) is 4.39 Å². The third-order valence-electron chi connectivity index (χ3n) is 4.14. The summed E-state index contributed by atoms with van der Waals surface area (Å²) in [7, 11) is 2.01. The van der Waals surface area contributed by atoms with E-state index in [4.69, 9.17) is 0 Å². The van der Waals surface area contributed by atoms with Gasteiger partial charge in [0.05, 0.1) is 17.9 Å². The molecule has 0 saturated carbocycles. The Morgan fingerprint density at radius 2 is 1.72 bits per heavy atom. The van der Waals surface area contributed by atoms with Gasteiger partial charge < -0.3 is 4.90 Å². The van der Waals surface area contributed by atoms with Crippen LogP contribution in [0.3, 0.4) is 0 Å². The van der Waals surface area contributed by atoms with E-state index >= 15 is 0 Å². The predicted molar refractivity (Wildman–Crippen MR) is 98.7 cm³/mol. The van der Waals surface area contributed by atoms with Gasteiger partial charge in [-0.15, -0.1) is 5.10 Å². The molecule has 4 nitrogen and oxygen atoms in total. The number of hydrogen-bond donors (Lipinski definition) is 0. The van der Waals surface area contributed by atoms with Gasteiger partial charge in [-0.3, -0.25) is 0 Å². The molecule has 0 radical (unpaired) electrons. The van der Waals surface area contributed by atoms with Crippen molar-refractivity contribution in [2.24, 2.45) is 0 Å². The molecule has 4 rings (SSSR count). The summed E-state index contributed by atoms with van der Waals surface area (Å²) in [5.74, 6) is -0.235. The second-order valence-corrected chi connectivity index (χ2v) is 6.90. The van der Waals surface area contributed by atoms with Crippen LogP contribution in [0.15, 0.2) is 60.8 Å². The Kier molecular flexibility index (Phi) is 3.97. The zero-order chi connectivity index (χ0) is 17.4. The topological polar surface area (TPSA) is 33.4 Å². The van der Waals surface area contributed by atoms with Crippen molar-refractivity contribution in [3.8, 4) is 0 Å². The highest BCUT2D eigenvalue weighted by molar-refractivity contribution is 7.20. The Bertz CT molecular complexity index is 960. The van der Waals surface area contributed by atoms with Crippen molar-refractivity contribution >= 4 is 21.4 Å². The summed E-state index contributed by atoms with van der Waals surface area (Å²) in [6.07, 6.45) is 1.92. The normalized spacial score (nSPS) is 12.4. The maximum absolute atomic E-state index is 13.4. The number of aromatic nitrogens is 3. The van der Waals surface area contributed by atoms with E-state index in [0.717, 1.165) is 26.9 Å². The van der Waals surface area contributed by atoms with Crippen LogP contribution in [0.5, 0.6) is 0 Å². The summed E-state index contributed by atoms with van der Waals surface area (Å²) in [6.45, 7) is 1.95. The second-order valence-electron chi connectivity index (χ2n) is 5.97. The van der Waals surface area contributed by atoms with Crippen LogP contribution in [0, 0.1) is 12.7 Å². The molecule has 0 fully saturated rings. The van der Waals surface area contributed by atoms with Crippen molar-refractivity contribution in [2.45, 2.75) is 13.0 Å². The molecule has 4 aromatic rings. The number of hydrogen-bond acceptors (Lipinski definition) is 4. The number of rotatable bonds is 4. The van der Waals surface area contributed by atoms with Gasteiger partial charge in [-0.05, 0) is 30.2 Å². The molecule has 2 aromatic carbocycles. The number of benzene rings is 2. The molecule has 0 amide bonds. The van der Waals surface area contributed by atoms with E-state index in [-0.39, 0.29) is 11.9 Å². The van der Waals surface area contributed by atoms with E-state index in [1.165, 1.54) is 23.5 Å². The van der Waals surface area contributed by atoms with Gasteiger partial charge in [0, 0.05) is 7.05 Å². The molecule has 25 heavy (non-hydrogen) atoms. The number of anilines is 1. The van der Waals surface area contributed by atoms with Crippen LogP contribution in [-0.4, -0.2) is 21.6 Å². The number of nitrogens with zero attached hydrogens (tertiary/aromatic N) is 4. The second kappa shape index (κ2) is 6.29. The third-order valence-corrected chi connectivity index (χ3v) is 5.16. The Hall–Kier alpha value is -2.73. The molecule has 0 aliphatic rings. The van der Waals surface area contributed by atoms with Crippen LogP contribution in [0.25, 0.3) is 4.96 Å². The highest BCUT2D eigenvalue weighted by Crippen LogP contribution is 2.34. The summed E-state index contributed by atoms with van der Waals surface area (Å²) in [6, 6.07) is 16.8. The molecular weight excluding hydrogens is 335 g/mol. The summed E-state index contributed by atoms with van der Waals surface area (Å²) in [5.41, 5.74) is 3.09. The maximum atomic E-state index is 13.4. The minimum Gasteiger partial charge on any atom is -0.339 e.